The Hall–Kier alpha value is -1.39. The van der Waals surface area contributed by atoms with Crippen molar-refractivity contribution in [2.45, 2.75) is 19.6 Å². The second-order valence-electron chi connectivity index (χ2n) is 4.87. The van der Waals surface area contributed by atoms with Crippen LogP contribution in [-0.4, -0.2) is 12.2 Å². The molecular weight excluding hydrogens is 321 g/mol. The van der Waals surface area contributed by atoms with E-state index >= 15 is 0 Å². The predicted molar refractivity (Wildman–Crippen MR) is 83.3 cm³/mol. The molecule has 0 aromatic heterocycles. The van der Waals surface area contributed by atoms with Gasteiger partial charge in [0, 0.05) is 29.3 Å². The van der Waals surface area contributed by atoms with Crippen molar-refractivity contribution in [3.8, 4) is 0 Å². The average Bonchev–Trinajstić information content (AvgIpc) is 2.38. The zero-order valence-electron chi connectivity index (χ0n) is 11.5. The molecule has 0 saturated carbocycles. The van der Waals surface area contributed by atoms with E-state index in [-0.39, 0.29) is 5.82 Å². The van der Waals surface area contributed by atoms with E-state index in [2.05, 4.69) is 15.9 Å². The number of rotatable bonds is 4. The Morgan fingerprint density at radius 2 is 2.00 bits per heavy atom. The molecule has 0 amide bonds. The minimum atomic E-state index is -0.703. The van der Waals surface area contributed by atoms with Crippen LogP contribution in [0.25, 0.3) is 0 Å². The quantitative estimate of drug-likeness (QED) is 0.900. The molecule has 106 valence electrons. The van der Waals surface area contributed by atoms with Gasteiger partial charge in [-0.25, -0.2) is 4.39 Å². The van der Waals surface area contributed by atoms with Crippen molar-refractivity contribution in [2.24, 2.45) is 0 Å². The summed E-state index contributed by atoms with van der Waals surface area (Å²) >= 11 is 3.45. The lowest BCUT2D eigenvalue weighted by atomic mass is 10.1. The first-order valence-corrected chi connectivity index (χ1v) is 7.20. The highest BCUT2D eigenvalue weighted by molar-refractivity contribution is 9.10. The van der Waals surface area contributed by atoms with Crippen LogP contribution in [-0.2, 0) is 6.54 Å². The Balaban J connectivity index is 2.27. The molecule has 1 atom stereocenters. The van der Waals surface area contributed by atoms with Gasteiger partial charge in [-0.15, -0.1) is 0 Å². The van der Waals surface area contributed by atoms with E-state index in [4.69, 9.17) is 0 Å². The monoisotopic (exact) mass is 337 g/mol. The van der Waals surface area contributed by atoms with Gasteiger partial charge in [0.25, 0.3) is 0 Å². The Morgan fingerprint density at radius 3 is 2.65 bits per heavy atom. The maximum Gasteiger partial charge on any atom is 0.123 e. The molecule has 1 N–H and O–H groups in total. The smallest absolute Gasteiger partial charge is 0.123 e. The normalized spacial score (nSPS) is 12.2. The fourth-order valence-electron chi connectivity index (χ4n) is 2.20. The molecule has 2 nitrogen and oxygen atoms in total. The van der Waals surface area contributed by atoms with Crippen LogP contribution in [0.3, 0.4) is 0 Å². The molecule has 2 aromatic rings. The predicted octanol–water partition coefficient (Wildman–Crippen LogP) is 4.28. The standard InChI is InChI=1S/C16H17BrFNO/c1-11(20)15-9-14(18)6-7-16(15)19(2)10-12-4-3-5-13(17)8-12/h3-9,11,20H,10H2,1-2H3. The first kappa shape index (κ1) is 15.0. The molecular formula is C16H17BrFNO. The van der Waals surface area contributed by atoms with Crippen LogP contribution >= 0.6 is 15.9 Å². The van der Waals surface area contributed by atoms with Gasteiger partial charge in [-0.1, -0.05) is 28.1 Å². The van der Waals surface area contributed by atoms with Crippen molar-refractivity contribution < 1.29 is 9.50 Å². The molecule has 1 unspecified atom stereocenters. The number of anilines is 1. The third-order valence-electron chi connectivity index (χ3n) is 3.16. The summed E-state index contributed by atoms with van der Waals surface area (Å²) in [5, 5.41) is 9.79. The van der Waals surface area contributed by atoms with Crippen LogP contribution in [0.4, 0.5) is 10.1 Å². The summed E-state index contributed by atoms with van der Waals surface area (Å²) in [6.07, 6.45) is -0.703. The Labute approximate surface area is 127 Å². The maximum atomic E-state index is 13.3. The van der Waals surface area contributed by atoms with E-state index in [1.807, 2.05) is 36.2 Å². The highest BCUT2D eigenvalue weighted by atomic mass is 79.9. The fraction of sp³-hybridized carbons (Fsp3) is 0.250. The van der Waals surface area contributed by atoms with Gasteiger partial charge in [-0.2, -0.15) is 0 Å². The molecule has 4 heteroatoms. The number of aliphatic hydroxyl groups is 1. The minimum Gasteiger partial charge on any atom is -0.389 e. The lowest BCUT2D eigenvalue weighted by Gasteiger charge is -2.24. The molecule has 0 radical (unpaired) electrons. The van der Waals surface area contributed by atoms with E-state index in [0.29, 0.717) is 12.1 Å². The van der Waals surface area contributed by atoms with E-state index < -0.39 is 6.10 Å². The average molecular weight is 338 g/mol. The topological polar surface area (TPSA) is 23.5 Å². The Bertz CT molecular complexity index is 601. The molecule has 0 bridgehead atoms. The van der Waals surface area contributed by atoms with E-state index in [0.717, 1.165) is 15.7 Å². The van der Waals surface area contributed by atoms with Crippen molar-refractivity contribution in [3.63, 3.8) is 0 Å². The SMILES string of the molecule is CC(O)c1cc(F)ccc1N(C)Cc1cccc(Br)c1. The van der Waals surface area contributed by atoms with Crippen molar-refractivity contribution in [3.05, 3.63) is 63.9 Å². The van der Waals surface area contributed by atoms with Gasteiger partial charge >= 0.3 is 0 Å². The van der Waals surface area contributed by atoms with Crippen LogP contribution in [0.5, 0.6) is 0 Å². The second kappa shape index (κ2) is 6.37. The molecule has 0 fully saturated rings. The largest absolute Gasteiger partial charge is 0.389 e. The van der Waals surface area contributed by atoms with Crippen molar-refractivity contribution in [1.29, 1.82) is 0 Å². The summed E-state index contributed by atoms with van der Waals surface area (Å²) in [7, 11) is 1.93. The number of hydrogen-bond donors (Lipinski definition) is 1. The lowest BCUT2D eigenvalue weighted by Crippen LogP contribution is -2.18. The number of nitrogens with zero attached hydrogens (tertiary/aromatic N) is 1. The third kappa shape index (κ3) is 3.58. The Kier molecular flexibility index (Phi) is 4.78. The fourth-order valence-corrected chi connectivity index (χ4v) is 2.65. The molecule has 0 aliphatic carbocycles. The maximum absolute atomic E-state index is 13.3. The van der Waals surface area contributed by atoms with Crippen LogP contribution in [0.1, 0.15) is 24.2 Å². The molecule has 2 rings (SSSR count). The van der Waals surface area contributed by atoms with Crippen LogP contribution < -0.4 is 4.90 Å². The summed E-state index contributed by atoms with van der Waals surface area (Å²) < 4.78 is 14.3. The van der Waals surface area contributed by atoms with Crippen molar-refractivity contribution in [2.75, 3.05) is 11.9 Å². The van der Waals surface area contributed by atoms with Crippen LogP contribution in [0, 0.1) is 5.82 Å². The zero-order valence-corrected chi connectivity index (χ0v) is 13.1. The summed E-state index contributed by atoms with van der Waals surface area (Å²) in [6, 6.07) is 12.5. The van der Waals surface area contributed by atoms with Gasteiger partial charge in [0.15, 0.2) is 0 Å². The molecule has 0 heterocycles. The van der Waals surface area contributed by atoms with E-state index in [1.165, 1.54) is 12.1 Å². The van der Waals surface area contributed by atoms with E-state index in [9.17, 15) is 9.50 Å². The van der Waals surface area contributed by atoms with Crippen LogP contribution in [0.15, 0.2) is 46.9 Å². The number of hydrogen-bond acceptors (Lipinski definition) is 2. The lowest BCUT2D eigenvalue weighted by molar-refractivity contribution is 0.199. The van der Waals surface area contributed by atoms with Gasteiger partial charge in [-0.3, -0.25) is 0 Å². The van der Waals surface area contributed by atoms with Crippen molar-refractivity contribution in [1.82, 2.24) is 0 Å². The second-order valence-corrected chi connectivity index (χ2v) is 5.78. The third-order valence-corrected chi connectivity index (χ3v) is 3.65. The van der Waals surface area contributed by atoms with Gasteiger partial charge in [0.1, 0.15) is 5.82 Å². The Morgan fingerprint density at radius 1 is 1.25 bits per heavy atom. The van der Waals surface area contributed by atoms with Gasteiger partial charge < -0.3 is 10.0 Å². The molecule has 0 saturated heterocycles. The van der Waals surface area contributed by atoms with Gasteiger partial charge in [-0.05, 0) is 42.8 Å². The number of aliphatic hydroxyl groups excluding tert-OH is 1. The minimum absolute atomic E-state index is 0.333. The highest BCUT2D eigenvalue weighted by Gasteiger charge is 2.13. The number of benzene rings is 2. The summed E-state index contributed by atoms with van der Waals surface area (Å²) in [4.78, 5) is 2.00. The molecule has 0 spiro atoms. The molecule has 0 aliphatic rings. The van der Waals surface area contributed by atoms with E-state index in [1.54, 1.807) is 13.0 Å². The number of halogens is 2. The highest BCUT2D eigenvalue weighted by Crippen LogP contribution is 2.27. The molecule has 0 aliphatic heterocycles. The molecule has 2 aromatic carbocycles. The van der Waals surface area contributed by atoms with Gasteiger partial charge in [0.2, 0.25) is 0 Å². The summed E-state index contributed by atoms with van der Waals surface area (Å²) in [6.45, 7) is 2.33. The van der Waals surface area contributed by atoms with Crippen LogP contribution in [0.2, 0.25) is 0 Å². The molecule has 20 heavy (non-hydrogen) atoms. The zero-order chi connectivity index (χ0) is 14.7. The summed E-state index contributed by atoms with van der Waals surface area (Å²) in [5.74, 6) is -0.333. The first-order chi connectivity index (χ1) is 9.47. The van der Waals surface area contributed by atoms with Crippen molar-refractivity contribution >= 4 is 21.6 Å². The van der Waals surface area contributed by atoms with Gasteiger partial charge in [0.05, 0.1) is 6.10 Å². The summed E-state index contributed by atoms with van der Waals surface area (Å²) in [5.41, 5.74) is 2.58. The first-order valence-electron chi connectivity index (χ1n) is 6.40.